The predicted octanol–water partition coefficient (Wildman–Crippen LogP) is 1.57. The van der Waals surface area contributed by atoms with Gasteiger partial charge in [-0.15, -0.1) is 5.92 Å². The van der Waals surface area contributed by atoms with Gasteiger partial charge in [0.1, 0.15) is 17.6 Å². The van der Waals surface area contributed by atoms with Crippen LogP contribution in [0, 0.1) is 11.8 Å². The summed E-state index contributed by atoms with van der Waals surface area (Å²) in [6.45, 7) is 5.26. The minimum Gasteiger partial charge on any atom is -0.475 e. The van der Waals surface area contributed by atoms with Crippen LogP contribution in [0.1, 0.15) is 24.7 Å². The van der Waals surface area contributed by atoms with Crippen LogP contribution in [0.25, 0.3) is 11.0 Å². The minimum atomic E-state index is -5.08. The molecule has 0 bridgehead atoms. The number of nitrogens with zero attached hydrogens (tertiary/aromatic N) is 6. The maximum absolute atomic E-state index is 13.2. The first kappa shape index (κ1) is 29.0. The molecule has 3 aromatic heterocycles. The standard InChI is InChI=1S/C20H21N7O2.C2HF3O2.CH4/c1-2-3-10-26-18-16(24-20(26)25-11-8-22-9-12-25)13-23-27(19(18)29)14-17(28)15-4-6-21-7-5-15;3-2(4,5)1(6)7;/h4-7,13,22H,8-12,14H2,1H3;(H,6,7);1H4. The van der Waals surface area contributed by atoms with E-state index in [0.29, 0.717) is 29.1 Å². The fourth-order valence-electron chi connectivity index (χ4n) is 3.37. The zero-order chi connectivity index (χ0) is 26.3. The van der Waals surface area contributed by atoms with Gasteiger partial charge in [-0.05, 0) is 19.1 Å². The largest absolute Gasteiger partial charge is 0.490 e. The molecule has 1 aliphatic rings. The van der Waals surface area contributed by atoms with Gasteiger partial charge in [0.25, 0.3) is 5.56 Å². The molecule has 1 saturated heterocycles. The summed E-state index contributed by atoms with van der Waals surface area (Å²) in [5.74, 6) is 3.65. The number of ketones is 1. The van der Waals surface area contributed by atoms with Crippen molar-refractivity contribution in [1.29, 1.82) is 0 Å². The molecule has 0 unspecified atom stereocenters. The van der Waals surface area contributed by atoms with Gasteiger partial charge in [-0.25, -0.2) is 14.5 Å². The highest BCUT2D eigenvalue weighted by Gasteiger charge is 2.38. The number of carboxylic acid groups (broad SMARTS) is 1. The summed E-state index contributed by atoms with van der Waals surface area (Å²) < 4.78 is 34.7. The molecule has 0 atom stereocenters. The second kappa shape index (κ2) is 12.6. The number of fused-ring (bicyclic) bond motifs is 1. The number of alkyl halides is 3. The number of halogens is 3. The molecule has 4 heterocycles. The summed E-state index contributed by atoms with van der Waals surface area (Å²) in [7, 11) is 0. The lowest BCUT2D eigenvalue weighted by molar-refractivity contribution is -0.192. The van der Waals surface area contributed by atoms with Crippen LogP contribution in [0.5, 0.6) is 0 Å². The van der Waals surface area contributed by atoms with E-state index in [0.717, 1.165) is 26.2 Å². The van der Waals surface area contributed by atoms with Crippen molar-refractivity contribution >= 4 is 28.7 Å². The van der Waals surface area contributed by atoms with E-state index in [2.05, 4.69) is 37.1 Å². The lowest BCUT2D eigenvalue weighted by Crippen LogP contribution is -2.44. The van der Waals surface area contributed by atoms with Crippen molar-refractivity contribution < 1.29 is 27.9 Å². The van der Waals surface area contributed by atoms with Gasteiger partial charge in [-0.1, -0.05) is 13.3 Å². The monoisotopic (exact) mass is 521 g/mol. The molecule has 2 N–H and O–H groups in total. The van der Waals surface area contributed by atoms with Crippen LogP contribution >= 0.6 is 0 Å². The third-order valence-corrected chi connectivity index (χ3v) is 5.08. The number of aliphatic carboxylic acids is 1. The summed E-state index contributed by atoms with van der Waals surface area (Å²) in [5, 5.41) is 14.6. The van der Waals surface area contributed by atoms with E-state index in [1.807, 2.05) is 4.57 Å². The van der Waals surface area contributed by atoms with E-state index in [9.17, 15) is 22.8 Å². The average Bonchev–Trinajstić information content (AvgIpc) is 3.24. The predicted molar refractivity (Wildman–Crippen MR) is 129 cm³/mol. The first-order chi connectivity index (χ1) is 17.1. The molecule has 37 heavy (non-hydrogen) atoms. The Morgan fingerprint density at radius 2 is 1.81 bits per heavy atom. The molecule has 3 aromatic rings. The molecule has 0 saturated carbocycles. The zero-order valence-corrected chi connectivity index (χ0v) is 19.1. The molecular weight excluding hydrogens is 495 g/mol. The number of hydrogen-bond acceptors (Lipinski definition) is 8. The summed E-state index contributed by atoms with van der Waals surface area (Å²) >= 11 is 0. The Balaban J connectivity index is 0.000000532. The Kier molecular flexibility index (Phi) is 9.90. The molecule has 0 amide bonds. The molecule has 1 aliphatic heterocycles. The van der Waals surface area contributed by atoms with Crippen molar-refractivity contribution in [1.82, 2.24) is 29.6 Å². The van der Waals surface area contributed by atoms with Gasteiger partial charge in [0.15, 0.2) is 5.78 Å². The van der Waals surface area contributed by atoms with Gasteiger partial charge in [-0.2, -0.15) is 18.3 Å². The number of imidazole rings is 1. The molecule has 198 valence electrons. The smallest absolute Gasteiger partial charge is 0.475 e. The lowest BCUT2D eigenvalue weighted by Gasteiger charge is -2.28. The molecule has 14 heteroatoms. The first-order valence-corrected chi connectivity index (χ1v) is 10.7. The number of nitrogens with one attached hydrogen (secondary N) is 1. The van der Waals surface area contributed by atoms with Gasteiger partial charge < -0.3 is 15.3 Å². The van der Waals surface area contributed by atoms with Gasteiger partial charge in [0, 0.05) is 44.1 Å². The molecule has 1 fully saturated rings. The third kappa shape index (κ3) is 7.14. The number of anilines is 1. The molecule has 0 aromatic carbocycles. The Hall–Kier alpha value is -4.25. The average molecular weight is 522 g/mol. The quantitative estimate of drug-likeness (QED) is 0.379. The van der Waals surface area contributed by atoms with Crippen molar-refractivity contribution in [2.75, 3.05) is 31.1 Å². The van der Waals surface area contributed by atoms with Crippen molar-refractivity contribution in [3.63, 3.8) is 0 Å². The number of piperazine rings is 1. The highest BCUT2D eigenvalue weighted by molar-refractivity contribution is 5.95. The van der Waals surface area contributed by atoms with Crippen LogP contribution < -0.4 is 15.8 Å². The lowest BCUT2D eigenvalue weighted by atomic mass is 10.2. The third-order valence-electron chi connectivity index (χ3n) is 5.08. The minimum absolute atomic E-state index is 0. The first-order valence-electron chi connectivity index (χ1n) is 10.7. The van der Waals surface area contributed by atoms with Gasteiger partial charge >= 0.3 is 12.1 Å². The van der Waals surface area contributed by atoms with E-state index in [1.54, 1.807) is 31.5 Å². The van der Waals surface area contributed by atoms with Crippen LogP contribution in [0.2, 0.25) is 0 Å². The van der Waals surface area contributed by atoms with E-state index in [1.165, 1.54) is 10.9 Å². The summed E-state index contributed by atoms with van der Waals surface area (Å²) in [6, 6.07) is 3.24. The number of carbonyl (C=O) groups excluding carboxylic acids is 1. The Labute approximate surface area is 209 Å². The Morgan fingerprint density at radius 3 is 2.38 bits per heavy atom. The van der Waals surface area contributed by atoms with Crippen LogP contribution in [0.4, 0.5) is 19.1 Å². The second-order valence-electron chi connectivity index (χ2n) is 7.46. The number of pyridine rings is 1. The summed E-state index contributed by atoms with van der Waals surface area (Å²) in [4.78, 5) is 45.3. The van der Waals surface area contributed by atoms with Gasteiger partial charge in [0.2, 0.25) is 5.95 Å². The molecule has 0 spiro atoms. The molecular formula is C23H26F3N7O4. The highest BCUT2D eigenvalue weighted by Crippen LogP contribution is 2.20. The van der Waals surface area contributed by atoms with Crippen LogP contribution in [0.15, 0.2) is 35.5 Å². The molecule has 0 radical (unpaired) electrons. The van der Waals surface area contributed by atoms with Crippen LogP contribution in [-0.2, 0) is 17.9 Å². The van der Waals surface area contributed by atoms with Crippen molar-refractivity contribution in [3.8, 4) is 11.8 Å². The van der Waals surface area contributed by atoms with Crippen molar-refractivity contribution in [2.24, 2.45) is 0 Å². The van der Waals surface area contributed by atoms with E-state index < -0.39 is 12.1 Å². The number of hydrogen-bond donors (Lipinski definition) is 2. The number of carboxylic acids is 1. The molecule has 11 nitrogen and oxygen atoms in total. The maximum atomic E-state index is 13.2. The maximum Gasteiger partial charge on any atom is 0.490 e. The highest BCUT2D eigenvalue weighted by atomic mass is 19.4. The van der Waals surface area contributed by atoms with E-state index in [4.69, 9.17) is 9.90 Å². The fourth-order valence-corrected chi connectivity index (χ4v) is 3.37. The van der Waals surface area contributed by atoms with Crippen LogP contribution in [-0.4, -0.2) is 73.5 Å². The molecule has 4 rings (SSSR count). The summed E-state index contributed by atoms with van der Waals surface area (Å²) in [6.07, 6.45) is -0.451. The topological polar surface area (TPSA) is 135 Å². The van der Waals surface area contributed by atoms with Crippen molar-refractivity contribution in [2.45, 2.75) is 33.6 Å². The number of rotatable bonds is 5. The SMILES string of the molecule is C.CC#CCn1c(N2CCNCC2)nc2cnn(CC(=O)c3ccncc3)c(=O)c21.O=C(O)C(F)(F)F. The number of aromatic nitrogens is 5. The normalized spacial score (nSPS) is 13.0. The van der Waals surface area contributed by atoms with E-state index >= 15 is 0 Å². The van der Waals surface area contributed by atoms with Crippen molar-refractivity contribution in [3.05, 3.63) is 46.6 Å². The number of carbonyl (C=O) groups is 2. The Morgan fingerprint density at radius 1 is 1.19 bits per heavy atom. The summed E-state index contributed by atoms with van der Waals surface area (Å²) in [5.41, 5.74) is 1.06. The van der Waals surface area contributed by atoms with Gasteiger partial charge in [0.05, 0.1) is 12.7 Å². The number of Topliss-reactive ketones (excluding diaryl/α,β-unsaturated/α-hetero) is 1. The molecule has 0 aliphatic carbocycles. The second-order valence-corrected chi connectivity index (χ2v) is 7.46. The van der Waals surface area contributed by atoms with Crippen LogP contribution in [0.3, 0.4) is 0 Å². The van der Waals surface area contributed by atoms with Gasteiger partial charge in [-0.3, -0.25) is 19.1 Å². The fraction of sp³-hybridized carbons (Fsp3) is 0.391. The zero-order valence-electron chi connectivity index (χ0n) is 19.1. The van der Waals surface area contributed by atoms with E-state index in [-0.39, 0.29) is 25.3 Å². The Bertz CT molecular complexity index is 1350.